The lowest BCUT2D eigenvalue weighted by molar-refractivity contribution is 0.0586. The number of benzene rings is 1. The van der Waals surface area contributed by atoms with Crippen LogP contribution in [0.1, 0.15) is 54.0 Å². The lowest BCUT2D eigenvalue weighted by Crippen LogP contribution is -2.49. The van der Waals surface area contributed by atoms with Crippen molar-refractivity contribution in [1.82, 2.24) is 14.8 Å². The monoisotopic (exact) mass is 391 g/mol. The minimum Gasteiger partial charge on any atom is -0.335 e. The van der Waals surface area contributed by atoms with Crippen molar-refractivity contribution in [3.63, 3.8) is 0 Å². The molecule has 0 aliphatic carbocycles. The number of amides is 1. The van der Waals surface area contributed by atoms with Crippen molar-refractivity contribution in [2.45, 2.75) is 39.2 Å². The Morgan fingerprint density at radius 1 is 1.19 bits per heavy atom. The number of hydrogen-bond acceptors (Lipinski definition) is 4. The molecule has 3 rings (SSSR count). The number of rotatable bonds is 3. The van der Waals surface area contributed by atoms with Gasteiger partial charge in [0.25, 0.3) is 5.91 Å². The summed E-state index contributed by atoms with van der Waals surface area (Å²) in [5.74, 6) is 0.100. The fraction of sp³-hybridized carbons (Fsp3) is 0.500. The fourth-order valence-electron chi connectivity index (χ4n) is 3.20. The van der Waals surface area contributed by atoms with Gasteiger partial charge in [-0.25, -0.2) is 4.98 Å². The highest BCUT2D eigenvalue weighted by Gasteiger charge is 2.28. The standard InChI is InChI=1S/C20H26ClN3OS/c1-14(15-7-5-6-8-16(15)21)23-9-11-24(12-10-23)18(25)17-13-22-19(26-17)20(2,3)4/h5-8,13-14H,9-12H2,1-4H3. The second-order valence-electron chi connectivity index (χ2n) is 7.81. The van der Waals surface area contributed by atoms with E-state index < -0.39 is 0 Å². The highest BCUT2D eigenvalue weighted by Crippen LogP contribution is 2.29. The lowest BCUT2D eigenvalue weighted by atomic mass is 9.98. The van der Waals surface area contributed by atoms with Crippen molar-refractivity contribution in [3.8, 4) is 0 Å². The second kappa shape index (κ2) is 7.67. The van der Waals surface area contributed by atoms with Crippen LogP contribution in [-0.4, -0.2) is 46.9 Å². The molecule has 26 heavy (non-hydrogen) atoms. The Labute approximate surface area is 164 Å². The molecule has 2 heterocycles. The summed E-state index contributed by atoms with van der Waals surface area (Å²) in [5, 5.41) is 1.81. The van der Waals surface area contributed by atoms with E-state index in [1.807, 2.05) is 23.1 Å². The third kappa shape index (κ3) is 4.11. The highest BCUT2D eigenvalue weighted by molar-refractivity contribution is 7.13. The van der Waals surface area contributed by atoms with E-state index in [0.717, 1.165) is 46.6 Å². The van der Waals surface area contributed by atoms with Crippen molar-refractivity contribution >= 4 is 28.8 Å². The van der Waals surface area contributed by atoms with Gasteiger partial charge >= 0.3 is 0 Å². The van der Waals surface area contributed by atoms with Crippen LogP contribution in [0.3, 0.4) is 0 Å². The van der Waals surface area contributed by atoms with Crippen LogP contribution in [-0.2, 0) is 5.41 Å². The maximum Gasteiger partial charge on any atom is 0.265 e. The van der Waals surface area contributed by atoms with Crippen molar-refractivity contribution in [2.75, 3.05) is 26.2 Å². The molecule has 0 N–H and O–H groups in total. The van der Waals surface area contributed by atoms with Gasteiger partial charge in [-0.05, 0) is 18.6 Å². The fourth-order valence-corrected chi connectivity index (χ4v) is 4.43. The van der Waals surface area contributed by atoms with Gasteiger partial charge in [0, 0.05) is 42.7 Å². The molecule has 2 aromatic rings. The van der Waals surface area contributed by atoms with Crippen molar-refractivity contribution < 1.29 is 4.79 Å². The summed E-state index contributed by atoms with van der Waals surface area (Å²) in [6.07, 6.45) is 1.73. The van der Waals surface area contributed by atoms with Gasteiger partial charge in [-0.2, -0.15) is 0 Å². The Balaban J connectivity index is 1.62. The summed E-state index contributed by atoms with van der Waals surface area (Å²) >= 11 is 7.85. The molecule has 1 aromatic heterocycles. The first-order valence-corrected chi connectivity index (χ1v) is 10.2. The number of carbonyl (C=O) groups is 1. The van der Waals surface area contributed by atoms with Crippen LogP contribution >= 0.6 is 22.9 Å². The molecule has 0 bridgehead atoms. The van der Waals surface area contributed by atoms with E-state index in [1.165, 1.54) is 11.3 Å². The maximum atomic E-state index is 12.8. The number of carbonyl (C=O) groups excluding carboxylic acids is 1. The van der Waals surface area contributed by atoms with E-state index in [-0.39, 0.29) is 17.4 Å². The number of nitrogens with zero attached hydrogens (tertiary/aromatic N) is 3. The quantitative estimate of drug-likeness (QED) is 0.766. The molecule has 4 nitrogen and oxygen atoms in total. The van der Waals surface area contributed by atoms with Crippen LogP contribution < -0.4 is 0 Å². The largest absolute Gasteiger partial charge is 0.335 e. The first kappa shape index (κ1) is 19.3. The maximum absolute atomic E-state index is 12.8. The average Bonchev–Trinajstić information content (AvgIpc) is 3.12. The molecule has 1 aliphatic rings. The predicted octanol–water partition coefficient (Wildman–Crippen LogP) is 4.61. The summed E-state index contributed by atoms with van der Waals surface area (Å²) in [7, 11) is 0. The molecule has 1 unspecified atom stereocenters. The summed E-state index contributed by atoms with van der Waals surface area (Å²) in [6.45, 7) is 11.7. The molecular formula is C20H26ClN3OS. The van der Waals surface area contributed by atoms with E-state index in [1.54, 1.807) is 6.20 Å². The summed E-state index contributed by atoms with van der Waals surface area (Å²) in [6, 6.07) is 8.24. The molecule has 140 valence electrons. The molecule has 0 radical (unpaired) electrons. The van der Waals surface area contributed by atoms with Crippen LogP contribution in [0.25, 0.3) is 0 Å². The smallest absolute Gasteiger partial charge is 0.265 e. The Bertz CT molecular complexity index is 775. The number of hydrogen-bond donors (Lipinski definition) is 0. The second-order valence-corrected chi connectivity index (χ2v) is 9.24. The number of thiazole rings is 1. The third-order valence-electron chi connectivity index (χ3n) is 4.86. The van der Waals surface area contributed by atoms with Crippen LogP contribution in [0.2, 0.25) is 5.02 Å². The van der Waals surface area contributed by atoms with Crippen molar-refractivity contribution in [1.29, 1.82) is 0 Å². The molecular weight excluding hydrogens is 366 g/mol. The van der Waals surface area contributed by atoms with Crippen LogP contribution in [0.15, 0.2) is 30.5 Å². The van der Waals surface area contributed by atoms with Crippen LogP contribution in [0, 0.1) is 0 Å². The summed E-state index contributed by atoms with van der Waals surface area (Å²) in [4.78, 5) is 22.3. The van der Waals surface area contributed by atoms with Gasteiger partial charge in [0.2, 0.25) is 0 Å². The lowest BCUT2D eigenvalue weighted by Gasteiger charge is -2.38. The highest BCUT2D eigenvalue weighted by atomic mass is 35.5. The van der Waals surface area contributed by atoms with Gasteiger partial charge in [-0.1, -0.05) is 50.6 Å². The van der Waals surface area contributed by atoms with Gasteiger partial charge in [-0.3, -0.25) is 9.69 Å². The van der Waals surface area contributed by atoms with Crippen molar-refractivity contribution in [2.24, 2.45) is 0 Å². The molecule has 1 amide bonds. The zero-order valence-corrected chi connectivity index (χ0v) is 17.4. The van der Waals surface area contributed by atoms with Gasteiger partial charge in [0.15, 0.2) is 0 Å². The molecule has 0 spiro atoms. The van der Waals surface area contributed by atoms with E-state index in [0.29, 0.717) is 0 Å². The Kier molecular flexibility index (Phi) is 5.70. The topological polar surface area (TPSA) is 36.4 Å². The number of piperazine rings is 1. The Morgan fingerprint density at radius 3 is 2.42 bits per heavy atom. The average molecular weight is 392 g/mol. The minimum absolute atomic E-state index is 0.0215. The zero-order valence-electron chi connectivity index (χ0n) is 15.8. The third-order valence-corrected chi connectivity index (χ3v) is 6.62. The number of aromatic nitrogens is 1. The Morgan fingerprint density at radius 2 is 1.85 bits per heavy atom. The molecule has 6 heteroatoms. The van der Waals surface area contributed by atoms with E-state index >= 15 is 0 Å². The van der Waals surface area contributed by atoms with Crippen molar-refractivity contribution in [3.05, 3.63) is 50.9 Å². The van der Waals surface area contributed by atoms with Crippen LogP contribution in [0.5, 0.6) is 0 Å². The molecule has 1 atom stereocenters. The molecule has 1 fully saturated rings. The Hall–Kier alpha value is -1.43. The zero-order chi connectivity index (χ0) is 18.9. The normalized spacial score (nSPS) is 17.3. The minimum atomic E-state index is -0.0215. The van der Waals surface area contributed by atoms with Crippen LogP contribution in [0.4, 0.5) is 0 Å². The molecule has 1 aromatic carbocycles. The first-order chi connectivity index (χ1) is 12.3. The van der Waals surface area contributed by atoms with Gasteiger partial charge in [0.05, 0.1) is 11.2 Å². The van der Waals surface area contributed by atoms with Gasteiger partial charge in [0.1, 0.15) is 4.88 Å². The van der Waals surface area contributed by atoms with E-state index in [2.05, 4.69) is 43.6 Å². The molecule has 1 aliphatic heterocycles. The van der Waals surface area contributed by atoms with E-state index in [4.69, 9.17) is 11.6 Å². The molecule has 0 saturated carbocycles. The predicted molar refractivity (Wildman–Crippen MR) is 108 cm³/mol. The van der Waals surface area contributed by atoms with Gasteiger partial charge in [-0.15, -0.1) is 11.3 Å². The van der Waals surface area contributed by atoms with E-state index in [9.17, 15) is 4.79 Å². The molecule has 1 saturated heterocycles. The summed E-state index contributed by atoms with van der Waals surface area (Å²) in [5.41, 5.74) is 1.12. The SMILES string of the molecule is CC(c1ccccc1Cl)N1CCN(C(=O)c2cnc(C(C)(C)C)s2)CC1. The summed E-state index contributed by atoms with van der Waals surface area (Å²) < 4.78 is 0. The number of halogens is 1. The van der Waals surface area contributed by atoms with Gasteiger partial charge < -0.3 is 4.90 Å². The first-order valence-electron chi connectivity index (χ1n) is 9.01.